The van der Waals surface area contributed by atoms with Gasteiger partial charge in [-0.1, -0.05) is 44.2 Å². The quantitative estimate of drug-likeness (QED) is 0.862. The zero-order valence-corrected chi connectivity index (χ0v) is 14.5. The molecule has 0 spiro atoms. The normalized spacial score (nSPS) is 23.5. The SMILES string of the molecule is CC(C)CN(C)S(=O)(=O)N1C[C@@H](CN)[C@H](c2ccccc2)C1. The van der Waals surface area contributed by atoms with Crippen molar-refractivity contribution in [2.24, 2.45) is 17.6 Å². The Hall–Kier alpha value is -0.950. The highest BCUT2D eigenvalue weighted by atomic mass is 32.2. The second-order valence-electron chi connectivity index (χ2n) is 6.51. The molecule has 1 aliphatic rings. The van der Waals surface area contributed by atoms with Crippen molar-refractivity contribution in [3.8, 4) is 0 Å². The Morgan fingerprint density at radius 1 is 1.27 bits per heavy atom. The maximum Gasteiger partial charge on any atom is 0.281 e. The summed E-state index contributed by atoms with van der Waals surface area (Å²) in [5, 5.41) is 0. The van der Waals surface area contributed by atoms with Gasteiger partial charge in [0.25, 0.3) is 10.2 Å². The fourth-order valence-electron chi connectivity index (χ4n) is 3.14. The second-order valence-corrected chi connectivity index (χ2v) is 8.55. The molecule has 124 valence electrons. The maximum absolute atomic E-state index is 12.7. The van der Waals surface area contributed by atoms with Gasteiger partial charge in [0, 0.05) is 32.6 Å². The number of nitrogens with zero attached hydrogens (tertiary/aromatic N) is 2. The van der Waals surface area contributed by atoms with E-state index in [1.165, 1.54) is 9.87 Å². The van der Waals surface area contributed by atoms with E-state index >= 15 is 0 Å². The van der Waals surface area contributed by atoms with Crippen molar-refractivity contribution in [3.63, 3.8) is 0 Å². The molecule has 1 aliphatic heterocycles. The van der Waals surface area contributed by atoms with Crippen LogP contribution in [0.1, 0.15) is 25.3 Å². The van der Waals surface area contributed by atoms with Crippen LogP contribution in [0.5, 0.6) is 0 Å². The van der Waals surface area contributed by atoms with Crippen molar-refractivity contribution >= 4 is 10.2 Å². The minimum Gasteiger partial charge on any atom is -0.330 e. The minimum absolute atomic E-state index is 0.171. The predicted molar refractivity (Wildman–Crippen MR) is 89.7 cm³/mol. The number of rotatable bonds is 6. The molecule has 1 saturated heterocycles. The van der Waals surface area contributed by atoms with E-state index in [-0.39, 0.29) is 11.8 Å². The molecule has 2 N–H and O–H groups in total. The molecule has 0 amide bonds. The molecule has 6 heteroatoms. The van der Waals surface area contributed by atoms with Gasteiger partial charge in [0.1, 0.15) is 0 Å². The fraction of sp³-hybridized carbons (Fsp3) is 0.625. The summed E-state index contributed by atoms with van der Waals surface area (Å²) in [5.41, 5.74) is 7.06. The van der Waals surface area contributed by atoms with Crippen LogP contribution in [-0.4, -0.2) is 50.3 Å². The highest BCUT2D eigenvalue weighted by Gasteiger charge is 2.40. The van der Waals surface area contributed by atoms with Gasteiger partial charge in [-0.2, -0.15) is 17.0 Å². The predicted octanol–water partition coefficient (Wildman–Crippen LogP) is 1.49. The molecule has 0 unspecified atom stereocenters. The summed E-state index contributed by atoms with van der Waals surface area (Å²) in [5.74, 6) is 0.649. The lowest BCUT2D eigenvalue weighted by Gasteiger charge is -2.25. The molecule has 2 atom stereocenters. The van der Waals surface area contributed by atoms with Crippen LogP contribution in [0.25, 0.3) is 0 Å². The van der Waals surface area contributed by atoms with Gasteiger partial charge in [0.05, 0.1) is 0 Å². The zero-order chi connectivity index (χ0) is 16.3. The Morgan fingerprint density at radius 3 is 2.45 bits per heavy atom. The van der Waals surface area contributed by atoms with Crippen LogP contribution in [0.2, 0.25) is 0 Å². The van der Waals surface area contributed by atoms with Gasteiger partial charge in [0.2, 0.25) is 0 Å². The Labute approximate surface area is 134 Å². The van der Waals surface area contributed by atoms with Crippen LogP contribution < -0.4 is 5.73 Å². The first-order valence-electron chi connectivity index (χ1n) is 7.82. The molecule has 1 fully saturated rings. The van der Waals surface area contributed by atoms with E-state index in [0.29, 0.717) is 32.1 Å². The van der Waals surface area contributed by atoms with Crippen molar-refractivity contribution < 1.29 is 8.42 Å². The van der Waals surface area contributed by atoms with Crippen molar-refractivity contribution in [1.29, 1.82) is 0 Å². The van der Waals surface area contributed by atoms with Crippen LogP contribution in [0.3, 0.4) is 0 Å². The number of hydrogen-bond acceptors (Lipinski definition) is 3. The second kappa shape index (κ2) is 7.08. The molecule has 1 aromatic rings. The summed E-state index contributed by atoms with van der Waals surface area (Å²) >= 11 is 0. The average Bonchev–Trinajstić information content (AvgIpc) is 2.92. The number of benzene rings is 1. The van der Waals surface area contributed by atoms with E-state index in [9.17, 15) is 8.42 Å². The summed E-state index contributed by atoms with van der Waals surface area (Å²) in [6, 6.07) is 10.1. The van der Waals surface area contributed by atoms with Gasteiger partial charge in [-0.25, -0.2) is 0 Å². The van der Waals surface area contributed by atoms with E-state index in [2.05, 4.69) is 12.1 Å². The van der Waals surface area contributed by atoms with E-state index < -0.39 is 10.2 Å². The first kappa shape index (κ1) is 17.4. The van der Waals surface area contributed by atoms with E-state index in [1.807, 2.05) is 32.0 Å². The van der Waals surface area contributed by atoms with Crippen LogP contribution in [0.4, 0.5) is 0 Å². The molecule has 0 radical (unpaired) electrons. The lowest BCUT2D eigenvalue weighted by Crippen LogP contribution is -2.42. The van der Waals surface area contributed by atoms with Crippen LogP contribution >= 0.6 is 0 Å². The minimum atomic E-state index is -3.41. The van der Waals surface area contributed by atoms with Crippen molar-refractivity contribution in [3.05, 3.63) is 35.9 Å². The first-order valence-corrected chi connectivity index (χ1v) is 9.22. The van der Waals surface area contributed by atoms with E-state index in [1.54, 1.807) is 11.4 Å². The molecule has 1 aromatic carbocycles. The lowest BCUT2D eigenvalue weighted by atomic mass is 9.89. The Balaban J connectivity index is 2.18. The molecular formula is C16H27N3O2S. The topological polar surface area (TPSA) is 66.6 Å². The van der Waals surface area contributed by atoms with Crippen molar-refractivity contribution in [2.45, 2.75) is 19.8 Å². The van der Waals surface area contributed by atoms with E-state index in [4.69, 9.17) is 5.73 Å². The molecule has 2 rings (SSSR count). The molecule has 5 nitrogen and oxygen atoms in total. The largest absolute Gasteiger partial charge is 0.330 e. The summed E-state index contributed by atoms with van der Waals surface area (Å²) < 4.78 is 28.5. The standard InChI is InChI=1S/C16H27N3O2S/c1-13(2)10-18(3)22(20,21)19-11-15(9-17)16(12-19)14-7-5-4-6-8-14/h4-8,13,15-16H,9-12,17H2,1-3H3/t15-,16+/m1/s1. The fourth-order valence-corrected chi connectivity index (χ4v) is 4.75. The number of nitrogens with two attached hydrogens (primary N) is 1. The van der Waals surface area contributed by atoms with E-state index in [0.717, 1.165) is 0 Å². The Bertz CT molecular complexity index is 574. The van der Waals surface area contributed by atoms with Gasteiger partial charge in [-0.05, 0) is 23.9 Å². The zero-order valence-electron chi connectivity index (χ0n) is 13.6. The van der Waals surface area contributed by atoms with Crippen LogP contribution in [0, 0.1) is 11.8 Å². The lowest BCUT2D eigenvalue weighted by molar-refractivity contribution is 0.363. The number of hydrogen-bond donors (Lipinski definition) is 1. The van der Waals surface area contributed by atoms with Crippen molar-refractivity contribution in [2.75, 3.05) is 33.2 Å². The molecule has 22 heavy (non-hydrogen) atoms. The molecule has 0 aliphatic carbocycles. The molecule has 0 aromatic heterocycles. The first-order chi connectivity index (χ1) is 10.4. The van der Waals surface area contributed by atoms with Gasteiger partial charge in [0.15, 0.2) is 0 Å². The molecular weight excluding hydrogens is 298 g/mol. The third kappa shape index (κ3) is 3.68. The summed E-state index contributed by atoms with van der Waals surface area (Å²) in [4.78, 5) is 0. The third-order valence-corrected chi connectivity index (χ3v) is 6.17. The van der Waals surface area contributed by atoms with Crippen LogP contribution in [0.15, 0.2) is 30.3 Å². The smallest absolute Gasteiger partial charge is 0.281 e. The summed E-state index contributed by atoms with van der Waals surface area (Å²) in [6.07, 6.45) is 0. The van der Waals surface area contributed by atoms with Crippen molar-refractivity contribution in [1.82, 2.24) is 8.61 Å². The van der Waals surface area contributed by atoms with Gasteiger partial charge in [-0.15, -0.1) is 0 Å². The average molecular weight is 325 g/mol. The van der Waals surface area contributed by atoms with Gasteiger partial charge < -0.3 is 5.73 Å². The van der Waals surface area contributed by atoms with Gasteiger partial charge >= 0.3 is 0 Å². The monoisotopic (exact) mass is 325 g/mol. The Kier molecular flexibility index (Phi) is 5.60. The van der Waals surface area contributed by atoms with Crippen LogP contribution in [-0.2, 0) is 10.2 Å². The Morgan fingerprint density at radius 2 is 1.91 bits per heavy atom. The van der Waals surface area contributed by atoms with Gasteiger partial charge in [-0.3, -0.25) is 0 Å². The summed E-state index contributed by atoms with van der Waals surface area (Å²) in [6.45, 7) is 6.08. The molecule has 0 saturated carbocycles. The summed E-state index contributed by atoms with van der Waals surface area (Å²) in [7, 11) is -1.75. The highest BCUT2D eigenvalue weighted by Crippen LogP contribution is 2.34. The molecule has 1 heterocycles. The third-order valence-electron chi connectivity index (χ3n) is 4.28. The highest BCUT2D eigenvalue weighted by molar-refractivity contribution is 7.86. The maximum atomic E-state index is 12.7. The molecule has 0 bridgehead atoms.